The van der Waals surface area contributed by atoms with Crippen molar-refractivity contribution in [3.63, 3.8) is 0 Å². The second kappa shape index (κ2) is 9.95. The van der Waals surface area contributed by atoms with Gasteiger partial charge in [-0.25, -0.2) is 4.98 Å². The number of nitrogens with zero attached hydrogens (tertiary/aromatic N) is 3. The number of rotatable bonds is 7. The minimum absolute atomic E-state index is 0.0601. The number of thiazole rings is 1. The van der Waals surface area contributed by atoms with Gasteiger partial charge in [-0.3, -0.25) is 14.7 Å². The zero-order chi connectivity index (χ0) is 22.6. The summed E-state index contributed by atoms with van der Waals surface area (Å²) in [7, 11) is 0. The number of aryl methyl sites for hydroxylation is 1. The summed E-state index contributed by atoms with van der Waals surface area (Å²) in [6, 6.07) is 14.3. The van der Waals surface area contributed by atoms with Gasteiger partial charge in [-0.1, -0.05) is 36.4 Å². The summed E-state index contributed by atoms with van der Waals surface area (Å²) >= 11 is 3.34. The molecule has 0 bridgehead atoms. The van der Waals surface area contributed by atoms with E-state index in [2.05, 4.69) is 32.7 Å². The van der Waals surface area contributed by atoms with Crippen molar-refractivity contribution in [1.29, 1.82) is 0 Å². The smallest absolute Gasteiger partial charge is 0.225 e. The van der Waals surface area contributed by atoms with Crippen LogP contribution in [0, 0.1) is 6.92 Å². The third-order valence-corrected chi connectivity index (χ3v) is 7.74. The molecule has 1 N–H and O–H groups in total. The largest absolute Gasteiger partial charge is 0.352 e. The van der Waals surface area contributed by atoms with Crippen LogP contribution < -0.4 is 5.32 Å². The summed E-state index contributed by atoms with van der Waals surface area (Å²) < 4.78 is 0. The maximum Gasteiger partial charge on any atom is 0.225 e. The third kappa shape index (κ3) is 5.21. The predicted molar refractivity (Wildman–Crippen MR) is 134 cm³/mol. The number of carbonyl (C=O) groups excluding carboxylic acids is 1. The van der Waals surface area contributed by atoms with Crippen LogP contribution in [0.1, 0.15) is 32.3 Å². The van der Waals surface area contributed by atoms with E-state index < -0.39 is 0 Å². The maximum atomic E-state index is 12.4. The molecule has 0 aliphatic carbocycles. The van der Waals surface area contributed by atoms with E-state index in [-0.39, 0.29) is 5.91 Å². The van der Waals surface area contributed by atoms with E-state index in [0.717, 1.165) is 52.9 Å². The molecule has 0 radical (unpaired) electrons. The van der Waals surface area contributed by atoms with Gasteiger partial charge in [-0.05, 0) is 41.5 Å². The molecule has 0 saturated heterocycles. The first-order valence-electron chi connectivity index (χ1n) is 11.1. The molecule has 0 unspecified atom stereocenters. The van der Waals surface area contributed by atoms with Crippen LogP contribution in [0.25, 0.3) is 11.3 Å². The van der Waals surface area contributed by atoms with Gasteiger partial charge < -0.3 is 5.32 Å². The van der Waals surface area contributed by atoms with Gasteiger partial charge in [-0.15, -0.1) is 22.7 Å². The van der Waals surface area contributed by atoms with E-state index >= 15 is 0 Å². The molecule has 4 aromatic rings. The molecule has 1 amide bonds. The fraction of sp³-hybridized carbons (Fsp3) is 0.269. The Morgan fingerprint density at radius 3 is 2.85 bits per heavy atom. The van der Waals surface area contributed by atoms with Gasteiger partial charge in [-0.2, -0.15) is 0 Å². The van der Waals surface area contributed by atoms with Gasteiger partial charge in [0.05, 0.1) is 18.7 Å². The lowest BCUT2D eigenvalue weighted by molar-refractivity contribution is -0.120. The van der Waals surface area contributed by atoms with Crippen molar-refractivity contribution in [2.45, 2.75) is 39.4 Å². The molecule has 0 spiro atoms. The number of pyridine rings is 1. The minimum atomic E-state index is 0.0601. The Kier molecular flexibility index (Phi) is 6.62. The number of benzene rings is 1. The number of carbonyl (C=O) groups is 1. The number of hydrogen-bond donors (Lipinski definition) is 1. The molecule has 1 aliphatic rings. The van der Waals surface area contributed by atoms with Crippen LogP contribution in [0.15, 0.2) is 59.4 Å². The number of thiophene rings is 1. The predicted octanol–water partition coefficient (Wildman–Crippen LogP) is 4.99. The second-order valence-electron chi connectivity index (χ2n) is 8.31. The standard InChI is InChI=1S/C26H26N4OS2/c1-18-23(14-28-25(31)12-21-8-5-11-32-21)22-9-10-30(15-20(22)13-27-18)16-26-29-24(17-33-26)19-6-3-2-4-7-19/h2-8,11,13,17H,9-10,12,14-16H2,1H3,(H,28,31). The summed E-state index contributed by atoms with van der Waals surface area (Å²) in [6.45, 7) is 5.26. The van der Waals surface area contributed by atoms with Crippen LogP contribution >= 0.6 is 22.7 Å². The average molecular weight is 475 g/mol. The highest BCUT2D eigenvalue weighted by Gasteiger charge is 2.22. The van der Waals surface area contributed by atoms with E-state index in [1.807, 2.05) is 48.8 Å². The Bertz CT molecular complexity index is 1230. The first-order valence-corrected chi connectivity index (χ1v) is 12.9. The zero-order valence-corrected chi connectivity index (χ0v) is 20.2. The van der Waals surface area contributed by atoms with E-state index in [9.17, 15) is 4.79 Å². The van der Waals surface area contributed by atoms with Crippen molar-refractivity contribution in [3.8, 4) is 11.3 Å². The summed E-state index contributed by atoms with van der Waals surface area (Å²) in [5.74, 6) is 0.0601. The number of amides is 1. The van der Waals surface area contributed by atoms with Crippen molar-refractivity contribution in [3.05, 3.63) is 91.7 Å². The Hall–Kier alpha value is -2.87. The Labute approximate surface area is 202 Å². The first-order chi connectivity index (χ1) is 16.2. The van der Waals surface area contributed by atoms with Crippen molar-refractivity contribution < 1.29 is 4.79 Å². The van der Waals surface area contributed by atoms with Gasteiger partial charge in [0.1, 0.15) is 5.01 Å². The van der Waals surface area contributed by atoms with Crippen LogP contribution in [0.4, 0.5) is 0 Å². The molecule has 33 heavy (non-hydrogen) atoms. The molecule has 0 fully saturated rings. The fourth-order valence-corrected chi connectivity index (χ4v) is 5.84. The van der Waals surface area contributed by atoms with Gasteiger partial charge in [0.25, 0.3) is 0 Å². The van der Waals surface area contributed by atoms with Crippen LogP contribution in [0.2, 0.25) is 0 Å². The van der Waals surface area contributed by atoms with Crippen molar-refractivity contribution >= 4 is 28.6 Å². The monoisotopic (exact) mass is 474 g/mol. The number of hydrogen-bond acceptors (Lipinski definition) is 6. The highest BCUT2D eigenvalue weighted by atomic mass is 32.1. The van der Waals surface area contributed by atoms with Crippen LogP contribution in [0.3, 0.4) is 0 Å². The molecule has 5 rings (SSSR count). The lowest BCUT2D eigenvalue weighted by Crippen LogP contribution is -2.32. The topological polar surface area (TPSA) is 58.1 Å². The van der Waals surface area contributed by atoms with Crippen LogP contribution in [0.5, 0.6) is 0 Å². The summed E-state index contributed by atoms with van der Waals surface area (Å²) in [4.78, 5) is 25.4. The van der Waals surface area contributed by atoms with E-state index in [4.69, 9.17) is 4.98 Å². The fourth-order valence-electron chi connectivity index (χ4n) is 4.29. The summed E-state index contributed by atoms with van der Waals surface area (Å²) in [5.41, 5.74) is 6.99. The summed E-state index contributed by atoms with van der Waals surface area (Å²) in [5, 5.41) is 8.39. The Morgan fingerprint density at radius 2 is 2.03 bits per heavy atom. The van der Waals surface area contributed by atoms with Gasteiger partial charge in [0.15, 0.2) is 0 Å². The van der Waals surface area contributed by atoms with E-state index in [1.165, 1.54) is 16.7 Å². The quantitative estimate of drug-likeness (QED) is 0.410. The summed E-state index contributed by atoms with van der Waals surface area (Å²) in [6.07, 6.45) is 3.41. The first kappa shape index (κ1) is 21.9. The Balaban J connectivity index is 1.23. The molecular weight excluding hydrogens is 448 g/mol. The van der Waals surface area contributed by atoms with Crippen molar-refractivity contribution in [2.75, 3.05) is 6.54 Å². The number of nitrogens with one attached hydrogen (secondary N) is 1. The number of fused-ring (bicyclic) bond motifs is 1. The molecule has 5 nitrogen and oxygen atoms in total. The molecule has 1 aromatic carbocycles. The average Bonchev–Trinajstić information content (AvgIpc) is 3.51. The number of aromatic nitrogens is 2. The SMILES string of the molecule is Cc1ncc2c(c1CNC(=O)Cc1cccs1)CCN(Cc1nc(-c3ccccc3)cs1)C2. The normalized spacial score (nSPS) is 13.6. The molecule has 7 heteroatoms. The molecule has 3 aromatic heterocycles. The van der Waals surface area contributed by atoms with Crippen molar-refractivity contribution in [1.82, 2.24) is 20.2 Å². The molecular formula is C26H26N4OS2. The van der Waals surface area contributed by atoms with Crippen LogP contribution in [-0.2, 0) is 37.3 Å². The molecule has 0 saturated carbocycles. The lowest BCUT2D eigenvalue weighted by atomic mass is 9.95. The van der Waals surface area contributed by atoms with Gasteiger partial charge in [0.2, 0.25) is 5.91 Å². The van der Waals surface area contributed by atoms with Gasteiger partial charge >= 0.3 is 0 Å². The van der Waals surface area contributed by atoms with Crippen LogP contribution in [-0.4, -0.2) is 27.3 Å². The highest BCUT2D eigenvalue weighted by Crippen LogP contribution is 2.27. The minimum Gasteiger partial charge on any atom is -0.352 e. The molecule has 0 atom stereocenters. The zero-order valence-electron chi connectivity index (χ0n) is 18.6. The molecule has 168 valence electrons. The molecule has 4 heterocycles. The third-order valence-electron chi connectivity index (χ3n) is 6.03. The Morgan fingerprint density at radius 1 is 1.15 bits per heavy atom. The second-order valence-corrected chi connectivity index (χ2v) is 10.3. The van der Waals surface area contributed by atoms with E-state index in [1.54, 1.807) is 22.7 Å². The lowest BCUT2D eigenvalue weighted by Gasteiger charge is -2.29. The maximum absolute atomic E-state index is 12.4. The van der Waals surface area contributed by atoms with E-state index in [0.29, 0.717) is 13.0 Å². The highest BCUT2D eigenvalue weighted by molar-refractivity contribution is 7.10. The van der Waals surface area contributed by atoms with Crippen molar-refractivity contribution in [2.24, 2.45) is 0 Å². The van der Waals surface area contributed by atoms with Gasteiger partial charge in [0, 0.05) is 47.3 Å². The molecule has 1 aliphatic heterocycles.